The average Bonchev–Trinajstić information content (AvgIpc) is 2.93. The third kappa shape index (κ3) is 3.41. The summed E-state index contributed by atoms with van der Waals surface area (Å²) < 4.78 is 0. The van der Waals surface area contributed by atoms with Crippen molar-refractivity contribution in [1.29, 1.82) is 0 Å². The van der Waals surface area contributed by atoms with E-state index in [1.54, 1.807) is 0 Å². The van der Waals surface area contributed by atoms with E-state index in [1.165, 1.54) is 0 Å². The van der Waals surface area contributed by atoms with Gasteiger partial charge >= 0.3 is 0 Å². The summed E-state index contributed by atoms with van der Waals surface area (Å²) in [4.78, 5) is 40.8. The molecule has 3 aliphatic rings. The number of Topliss-reactive ketones (excluding diaryl/α,β-unsaturated/α-hetero) is 2. The second-order valence-corrected chi connectivity index (χ2v) is 10.2. The second-order valence-electron chi connectivity index (χ2n) is 10.2. The van der Waals surface area contributed by atoms with Crippen molar-refractivity contribution in [3.05, 3.63) is 10.4 Å². The highest BCUT2D eigenvalue weighted by molar-refractivity contribution is 5.88. The fraction of sp³-hybridized carbons (Fsp3) is 0.864. The Kier molecular flexibility index (Phi) is 5.73. The molecule has 6 heteroatoms. The molecule has 0 saturated heterocycles. The van der Waals surface area contributed by atoms with Crippen molar-refractivity contribution in [2.75, 3.05) is 0 Å². The second kappa shape index (κ2) is 7.62. The summed E-state index contributed by atoms with van der Waals surface area (Å²) in [6.07, 6.45) is 5.57. The first-order chi connectivity index (χ1) is 13.1. The number of hydrogen-bond acceptors (Lipinski definition) is 3. The lowest BCUT2D eigenvalue weighted by molar-refractivity contribution is -0.147. The van der Waals surface area contributed by atoms with E-state index in [2.05, 4.69) is 30.8 Å². The summed E-state index contributed by atoms with van der Waals surface area (Å²) in [6, 6.07) is 0. The van der Waals surface area contributed by atoms with Crippen molar-refractivity contribution in [3.8, 4) is 0 Å². The van der Waals surface area contributed by atoms with E-state index >= 15 is 0 Å². The van der Waals surface area contributed by atoms with Crippen molar-refractivity contribution in [1.82, 2.24) is 0 Å². The van der Waals surface area contributed by atoms with Gasteiger partial charge in [0, 0.05) is 35.0 Å². The molecule has 0 N–H and O–H groups in total. The first kappa shape index (κ1) is 21.0. The molecular formula is C22H33N3O3. The van der Waals surface area contributed by atoms with Crippen LogP contribution in [0, 0.1) is 40.4 Å². The van der Waals surface area contributed by atoms with Crippen LogP contribution in [-0.4, -0.2) is 17.5 Å². The summed E-state index contributed by atoms with van der Waals surface area (Å²) in [6.45, 7) is 8.48. The van der Waals surface area contributed by atoms with Crippen molar-refractivity contribution >= 4 is 17.5 Å². The summed E-state index contributed by atoms with van der Waals surface area (Å²) in [5, 5.41) is 3.30. The van der Waals surface area contributed by atoms with Gasteiger partial charge in [-0.05, 0) is 72.3 Å². The Labute approximate surface area is 167 Å². The molecule has 0 heterocycles. The largest absolute Gasteiger partial charge is 0.299 e. The molecule has 3 rings (SSSR count). The lowest BCUT2D eigenvalue weighted by Gasteiger charge is -2.53. The van der Waals surface area contributed by atoms with Gasteiger partial charge in [0.15, 0.2) is 0 Å². The van der Waals surface area contributed by atoms with Gasteiger partial charge in [-0.15, -0.1) is 0 Å². The fourth-order valence-electron chi connectivity index (χ4n) is 6.59. The number of azide groups is 1. The number of hydrogen-bond donors (Lipinski definition) is 0. The summed E-state index contributed by atoms with van der Waals surface area (Å²) >= 11 is 0. The Bertz CT molecular complexity index is 727. The minimum absolute atomic E-state index is 0.0623. The van der Waals surface area contributed by atoms with E-state index < -0.39 is 16.7 Å². The van der Waals surface area contributed by atoms with Gasteiger partial charge in [0.2, 0.25) is 5.91 Å². The molecule has 0 spiro atoms. The van der Waals surface area contributed by atoms with Crippen LogP contribution in [0.25, 0.3) is 10.4 Å². The lowest BCUT2D eigenvalue weighted by atomic mass is 9.50. The standard InChI is InChI=1S/C22H33N3O3/c1-13(2)14-7-9-22(4,19(27)11-14)17-8-10-21(3)16(5-6-18(21)26)15(17)12-20(28)24-25-23/h13-17H,5-12H2,1-4H3/t14-,15-,16-,17-,21-,22+/m0/s1. The molecule has 0 aliphatic heterocycles. The molecule has 0 radical (unpaired) electrons. The molecule has 1 amide bonds. The van der Waals surface area contributed by atoms with Crippen molar-refractivity contribution in [2.45, 2.75) is 79.1 Å². The highest BCUT2D eigenvalue weighted by Crippen LogP contribution is 2.60. The van der Waals surface area contributed by atoms with Crippen molar-refractivity contribution in [2.24, 2.45) is 45.5 Å². The maximum Gasteiger partial charge on any atom is 0.219 e. The zero-order valence-electron chi connectivity index (χ0n) is 17.6. The number of carbonyl (C=O) groups is 3. The van der Waals surface area contributed by atoms with Gasteiger partial charge in [0.1, 0.15) is 11.6 Å². The van der Waals surface area contributed by atoms with Crippen LogP contribution in [0.15, 0.2) is 5.11 Å². The van der Waals surface area contributed by atoms with Crippen LogP contribution in [0.5, 0.6) is 0 Å². The topological polar surface area (TPSA) is 100.0 Å². The maximum atomic E-state index is 13.3. The zero-order chi connectivity index (χ0) is 20.7. The minimum atomic E-state index is -0.465. The van der Waals surface area contributed by atoms with Crippen LogP contribution in [0.2, 0.25) is 0 Å². The number of ketones is 2. The molecule has 3 aliphatic carbocycles. The molecule has 3 fully saturated rings. The molecule has 154 valence electrons. The van der Waals surface area contributed by atoms with E-state index in [0.717, 1.165) is 32.1 Å². The van der Waals surface area contributed by atoms with E-state index in [0.29, 0.717) is 30.5 Å². The van der Waals surface area contributed by atoms with Crippen LogP contribution in [0.4, 0.5) is 0 Å². The number of amides is 1. The van der Waals surface area contributed by atoms with Crippen LogP contribution in [-0.2, 0) is 14.4 Å². The molecule has 28 heavy (non-hydrogen) atoms. The number of carbonyl (C=O) groups excluding carboxylic acids is 3. The predicted molar refractivity (Wildman–Crippen MR) is 106 cm³/mol. The summed E-state index contributed by atoms with van der Waals surface area (Å²) in [5.41, 5.74) is 7.82. The van der Waals surface area contributed by atoms with Crippen LogP contribution >= 0.6 is 0 Å². The number of rotatable bonds is 4. The van der Waals surface area contributed by atoms with Gasteiger partial charge in [-0.2, -0.15) is 0 Å². The van der Waals surface area contributed by atoms with Gasteiger partial charge in [-0.1, -0.05) is 27.7 Å². The highest BCUT2D eigenvalue weighted by Gasteiger charge is 2.58. The van der Waals surface area contributed by atoms with Crippen molar-refractivity contribution < 1.29 is 14.4 Å². The molecule has 0 aromatic heterocycles. The molecule has 0 aromatic rings. The van der Waals surface area contributed by atoms with Gasteiger partial charge in [-0.3, -0.25) is 14.4 Å². The Morgan fingerprint density at radius 1 is 1.11 bits per heavy atom. The fourth-order valence-corrected chi connectivity index (χ4v) is 6.59. The van der Waals surface area contributed by atoms with Gasteiger partial charge in [0.05, 0.1) is 0 Å². The van der Waals surface area contributed by atoms with Crippen LogP contribution in [0.1, 0.15) is 79.1 Å². The van der Waals surface area contributed by atoms with Gasteiger partial charge in [0.25, 0.3) is 0 Å². The van der Waals surface area contributed by atoms with Gasteiger partial charge < -0.3 is 0 Å². The SMILES string of the molecule is CC(C)[C@H]1CC[C@](C)([C@H]2CC[C@]3(C)C(=O)CC[C@H]3[C@@H]2CC(=O)N=[N+]=[N-])C(=O)C1. The Morgan fingerprint density at radius 3 is 2.32 bits per heavy atom. The quantitative estimate of drug-likeness (QED) is 0.374. The molecule has 0 unspecified atom stereocenters. The number of fused-ring (bicyclic) bond motifs is 1. The third-order valence-corrected chi connectivity index (χ3v) is 8.59. The molecule has 6 atom stereocenters. The highest BCUT2D eigenvalue weighted by atomic mass is 16.2. The van der Waals surface area contributed by atoms with Crippen LogP contribution in [0.3, 0.4) is 0 Å². The third-order valence-electron chi connectivity index (χ3n) is 8.59. The Balaban J connectivity index is 1.92. The summed E-state index contributed by atoms with van der Waals surface area (Å²) in [5.74, 6) is 1.19. The monoisotopic (exact) mass is 387 g/mol. The number of nitrogens with zero attached hydrogens (tertiary/aromatic N) is 3. The van der Waals surface area contributed by atoms with E-state index in [4.69, 9.17) is 5.53 Å². The van der Waals surface area contributed by atoms with E-state index in [-0.39, 0.29) is 30.0 Å². The Hall–Kier alpha value is -1.68. The van der Waals surface area contributed by atoms with E-state index in [9.17, 15) is 14.4 Å². The molecule has 3 saturated carbocycles. The first-order valence-electron chi connectivity index (χ1n) is 10.8. The molecule has 0 aromatic carbocycles. The van der Waals surface area contributed by atoms with Gasteiger partial charge in [-0.25, -0.2) is 0 Å². The summed E-state index contributed by atoms with van der Waals surface area (Å²) in [7, 11) is 0. The molecule has 0 bridgehead atoms. The van der Waals surface area contributed by atoms with Crippen molar-refractivity contribution in [3.63, 3.8) is 0 Å². The zero-order valence-corrected chi connectivity index (χ0v) is 17.6. The molecular weight excluding hydrogens is 354 g/mol. The predicted octanol–water partition coefficient (Wildman–Crippen LogP) is 5.26. The molecule has 6 nitrogen and oxygen atoms in total. The smallest absolute Gasteiger partial charge is 0.219 e. The minimum Gasteiger partial charge on any atom is -0.299 e. The normalized spacial score (nSPS) is 40.9. The van der Waals surface area contributed by atoms with Crippen LogP contribution < -0.4 is 0 Å². The first-order valence-corrected chi connectivity index (χ1v) is 10.8. The Morgan fingerprint density at radius 2 is 1.71 bits per heavy atom. The average molecular weight is 388 g/mol. The lowest BCUT2D eigenvalue weighted by Crippen LogP contribution is -2.51. The maximum absolute atomic E-state index is 13.3. The van der Waals surface area contributed by atoms with E-state index in [1.807, 2.05) is 6.92 Å².